The van der Waals surface area contributed by atoms with Gasteiger partial charge in [-0.05, 0) is 31.5 Å². The largest absolute Gasteiger partial charge is 0.465 e. The third-order valence-corrected chi connectivity index (χ3v) is 7.13. The van der Waals surface area contributed by atoms with Gasteiger partial charge in [0.15, 0.2) is 26.8 Å². The smallest absolute Gasteiger partial charge is 0.325 e. The van der Waals surface area contributed by atoms with Crippen LogP contribution in [0.2, 0.25) is 0 Å². The van der Waals surface area contributed by atoms with Gasteiger partial charge in [-0.25, -0.2) is 8.42 Å². The number of hydrogen-bond acceptors (Lipinski definition) is 8. The fourth-order valence-corrected chi connectivity index (χ4v) is 5.61. The average Bonchev–Trinajstić information content (AvgIpc) is 3.17. The fraction of sp³-hybridized carbons (Fsp3) is 0.556. The first-order valence-corrected chi connectivity index (χ1v) is 10.5. The molecule has 0 aromatic heterocycles. The molecule has 1 aliphatic carbocycles. The molecule has 9 heteroatoms. The van der Waals surface area contributed by atoms with Crippen LogP contribution in [0, 0.1) is 5.41 Å². The highest BCUT2D eigenvalue weighted by molar-refractivity contribution is 7.92. The highest BCUT2D eigenvalue weighted by Crippen LogP contribution is 2.65. The number of carbonyl (C=O) groups is 2. The van der Waals surface area contributed by atoms with Crippen LogP contribution in [0.5, 0.6) is 11.5 Å². The van der Waals surface area contributed by atoms with Crippen LogP contribution in [0.4, 0.5) is 0 Å². The number of ether oxygens (including phenoxy) is 4. The van der Waals surface area contributed by atoms with E-state index in [1.54, 1.807) is 32.0 Å². The van der Waals surface area contributed by atoms with Crippen molar-refractivity contribution < 1.29 is 37.0 Å². The van der Waals surface area contributed by atoms with E-state index in [4.69, 9.17) is 18.9 Å². The van der Waals surface area contributed by atoms with Crippen molar-refractivity contribution in [2.75, 3.05) is 25.8 Å². The Labute approximate surface area is 157 Å². The van der Waals surface area contributed by atoms with E-state index in [1.165, 1.54) is 6.92 Å². The second-order valence-corrected chi connectivity index (χ2v) is 8.68. The minimum atomic E-state index is -3.74. The Morgan fingerprint density at radius 2 is 1.67 bits per heavy atom. The number of sulfone groups is 1. The van der Waals surface area contributed by atoms with Crippen LogP contribution in [0.1, 0.15) is 32.3 Å². The number of carbonyl (C=O) groups excluding carboxylic acids is 2. The summed E-state index contributed by atoms with van der Waals surface area (Å²) in [4.78, 5) is 25.6. The molecule has 0 N–H and O–H groups in total. The molecule has 1 fully saturated rings. The van der Waals surface area contributed by atoms with Gasteiger partial charge in [-0.1, -0.05) is 13.0 Å². The molecule has 0 saturated heterocycles. The van der Waals surface area contributed by atoms with Crippen molar-refractivity contribution in [2.45, 2.75) is 31.9 Å². The zero-order valence-corrected chi connectivity index (χ0v) is 16.2. The van der Waals surface area contributed by atoms with Gasteiger partial charge in [-0.3, -0.25) is 9.59 Å². The van der Waals surface area contributed by atoms with E-state index in [0.29, 0.717) is 17.1 Å². The van der Waals surface area contributed by atoms with E-state index in [0.717, 1.165) is 0 Å². The van der Waals surface area contributed by atoms with Gasteiger partial charge in [0.2, 0.25) is 6.79 Å². The van der Waals surface area contributed by atoms with Gasteiger partial charge in [0.25, 0.3) is 0 Å². The summed E-state index contributed by atoms with van der Waals surface area (Å²) < 4.78 is 46.3. The van der Waals surface area contributed by atoms with Crippen LogP contribution in [0.25, 0.3) is 0 Å². The normalized spacial score (nSPS) is 22.2. The fourth-order valence-electron chi connectivity index (χ4n) is 3.64. The molecule has 2 aliphatic rings. The van der Waals surface area contributed by atoms with E-state index in [9.17, 15) is 18.0 Å². The Morgan fingerprint density at radius 1 is 1.07 bits per heavy atom. The molecule has 1 heterocycles. The zero-order chi connectivity index (χ0) is 19.8. The summed E-state index contributed by atoms with van der Waals surface area (Å²) in [6.07, 6.45) is 0. The molecule has 0 spiro atoms. The summed E-state index contributed by atoms with van der Waals surface area (Å²) in [7, 11) is -3.74. The molecule has 1 aromatic rings. The van der Waals surface area contributed by atoms with Crippen molar-refractivity contribution in [3.05, 3.63) is 23.8 Å². The van der Waals surface area contributed by atoms with Crippen molar-refractivity contribution in [3.63, 3.8) is 0 Å². The van der Waals surface area contributed by atoms with Gasteiger partial charge in [0.1, 0.15) is 0 Å². The van der Waals surface area contributed by atoms with E-state index in [2.05, 4.69) is 0 Å². The highest BCUT2D eigenvalue weighted by Gasteiger charge is 2.81. The number of esters is 2. The summed E-state index contributed by atoms with van der Waals surface area (Å²) in [6, 6.07) is 4.87. The molecule has 3 rings (SSSR count). The molecule has 2 atom stereocenters. The maximum atomic E-state index is 12.8. The molecule has 8 nitrogen and oxygen atoms in total. The Hall–Kier alpha value is -2.29. The van der Waals surface area contributed by atoms with Gasteiger partial charge in [-0.15, -0.1) is 0 Å². The Morgan fingerprint density at radius 3 is 2.22 bits per heavy atom. The van der Waals surface area contributed by atoms with Gasteiger partial charge in [0.05, 0.1) is 18.5 Å². The SMILES string of the molecule is CCOC(=O)C1(C(=O)OCC)[C@@H](c2ccc3c(c2)OCO3)[C@@H]1S(=O)(=O)CC. The lowest BCUT2D eigenvalue weighted by molar-refractivity contribution is -0.164. The topological polar surface area (TPSA) is 105 Å². The van der Waals surface area contributed by atoms with E-state index < -0.39 is 38.4 Å². The molecule has 0 amide bonds. The van der Waals surface area contributed by atoms with Gasteiger partial charge in [0, 0.05) is 11.7 Å². The third-order valence-electron chi connectivity index (χ3n) is 4.90. The molecular weight excluding hydrogens is 376 g/mol. The Kier molecular flexibility index (Phi) is 5.07. The number of rotatable bonds is 7. The lowest BCUT2D eigenvalue weighted by Crippen LogP contribution is -2.36. The minimum Gasteiger partial charge on any atom is -0.465 e. The van der Waals surface area contributed by atoms with E-state index in [1.807, 2.05) is 0 Å². The van der Waals surface area contributed by atoms with Crippen LogP contribution < -0.4 is 9.47 Å². The second kappa shape index (κ2) is 7.03. The van der Waals surface area contributed by atoms with Crippen LogP contribution in [0.15, 0.2) is 18.2 Å². The first kappa shape index (κ1) is 19.5. The van der Waals surface area contributed by atoms with Crippen LogP contribution in [-0.2, 0) is 28.9 Å². The molecule has 0 unspecified atom stereocenters. The minimum absolute atomic E-state index is 0.0206. The molecule has 148 valence electrons. The molecule has 1 saturated carbocycles. The summed E-state index contributed by atoms with van der Waals surface area (Å²) in [6.45, 7) is 4.77. The summed E-state index contributed by atoms with van der Waals surface area (Å²) >= 11 is 0. The predicted octanol–water partition coefficient (Wildman–Crippen LogP) is 1.43. The van der Waals surface area contributed by atoms with Crippen LogP contribution in [-0.4, -0.2) is 51.4 Å². The maximum absolute atomic E-state index is 12.8. The Balaban J connectivity index is 2.13. The number of hydrogen-bond donors (Lipinski definition) is 0. The van der Waals surface area contributed by atoms with Crippen molar-refractivity contribution in [3.8, 4) is 11.5 Å². The molecule has 27 heavy (non-hydrogen) atoms. The zero-order valence-electron chi connectivity index (χ0n) is 15.4. The van der Waals surface area contributed by atoms with Gasteiger partial charge >= 0.3 is 11.9 Å². The molecular formula is C18H22O8S. The van der Waals surface area contributed by atoms with Crippen molar-refractivity contribution in [1.29, 1.82) is 0 Å². The third kappa shape index (κ3) is 2.93. The van der Waals surface area contributed by atoms with Gasteiger partial charge < -0.3 is 18.9 Å². The number of benzene rings is 1. The monoisotopic (exact) mass is 398 g/mol. The average molecular weight is 398 g/mol. The second-order valence-electron chi connectivity index (χ2n) is 6.27. The molecule has 1 aromatic carbocycles. The standard InChI is InChI=1S/C18H22O8S/c1-4-23-16(19)18(17(20)24-5-2)14(15(18)27(21,22)6-3)11-7-8-12-13(9-11)26-10-25-12/h7-9,14-15H,4-6,10H2,1-3H3/t14-,15-/m0/s1. The first-order chi connectivity index (χ1) is 12.8. The van der Waals surface area contributed by atoms with Crippen LogP contribution in [0.3, 0.4) is 0 Å². The quantitative estimate of drug-likeness (QED) is 0.502. The van der Waals surface area contributed by atoms with Crippen molar-refractivity contribution >= 4 is 21.8 Å². The lowest BCUT2D eigenvalue weighted by atomic mass is 9.98. The Bertz CT molecular complexity index is 842. The molecule has 0 bridgehead atoms. The van der Waals surface area contributed by atoms with E-state index >= 15 is 0 Å². The summed E-state index contributed by atoms with van der Waals surface area (Å²) in [5.41, 5.74) is -1.42. The predicted molar refractivity (Wildman–Crippen MR) is 94.3 cm³/mol. The summed E-state index contributed by atoms with van der Waals surface area (Å²) in [5.74, 6) is -1.92. The number of fused-ring (bicyclic) bond motifs is 1. The molecule has 1 aliphatic heterocycles. The maximum Gasteiger partial charge on any atom is 0.325 e. The summed E-state index contributed by atoms with van der Waals surface area (Å²) in [5, 5.41) is -1.24. The molecule has 0 radical (unpaired) electrons. The van der Waals surface area contributed by atoms with E-state index in [-0.39, 0.29) is 25.8 Å². The van der Waals surface area contributed by atoms with Crippen molar-refractivity contribution in [2.24, 2.45) is 5.41 Å². The van der Waals surface area contributed by atoms with Crippen LogP contribution >= 0.6 is 0 Å². The highest BCUT2D eigenvalue weighted by atomic mass is 32.2. The van der Waals surface area contributed by atoms with Gasteiger partial charge in [-0.2, -0.15) is 0 Å². The lowest BCUT2D eigenvalue weighted by Gasteiger charge is -2.15. The first-order valence-electron chi connectivity index (χ1n) is 8.80. The van der Waals surface area contributed by atoms with Crippen molar-refractivity contribution in [1.82, 2.24) is 0 Å².